The van der Waals surface area contributed by atoms with Crippen LogP contribution in [0.3, 0.4) is 0 Å². The van der Waals surface area contributed by atoms with Gasteiger partial charge in [0, 0.05) is 6.54 Å². The molecule has 0 saturated carbocycles. The lowest BCUT2D eigenvalue weighted by Gasteiger charge is -2.02. The van der Waals surface area contributed by atoms with E-state index in [1.807, 2.05) is 19.9 Å². The molecule has 0 spiro atoms. The molecule has 3 nitrogen and oxygen atoms in total. The van der Waals surface area contributed by atoms with E-state index in [2.05, 4.69) is 0 Å². The zero-order valence-corrected chi connectivity index (χ0v) is 6.92. The topological polar surface area (TPSA) is 65.2 Å². The van der Waals surface area contributed by atoms with Crippen molar-refractivity contribution in [2.24, 2.45) is 11.5 Å². The normalized spacial score (nSPS) is 13.5. The average Bonchev–Trinajstić information content (AvgIpc) is 2.31. The van der Waals surface area contributed by atoms with E-state index in [-0.39, 0.29) is 6.04 Å². The number of rotatable bonds is 2. The molecule has 0 unspecified atom stereocenters. The predicted octanol–water partition coefficient (Wildman–Crippen LogP) is 0.855. The smallest absolute Gasteiger partial charge is 0.122 e. The van der Waals surface area contributed by atoms with E-state index >= 15 is 0 Å². The lowest BCUT2D eigenvalue weighted by Crippen LogP contribution is -2.19. The van der Waals surface area contributed by atoms with E-state index in [0.29, 0.717) is 6.54 Å². The summed E-state index contributed by atoms with van der Waals surface area (Å²) in [5, 5.41) is 0. The van der Waals surface area contributed by atoms with E-state index in [9.17, 15) is 0 Å². The van der Waals surface area contributed by atoms with Crippen LogP contribution in [0.1, 0.15) is 23.1 Å². The first kappa shape index (κ1) is 8.30. The fraction of sp³-hybridized carbons (Fsp3) is 0.500. The minimum atomic E-state index is -0.164. The number of aryl methyl sites for hydroxylation is 2. The standard InChI is InChI=1S/C8H14N2O/c1-5-3-8(7(10)4-9)11-6(5)2/h3,7H,4,9-10H2,1-2H3/t7-/m1/s1. The lowest BCUT2D eigenvalue weighted by atomic mass is 10.2. The number of hydrogen-bond acceptors (Lipinski definition) is 3. The molecular weight excluding hydrogens is 140 g/mol. The van der Waals surface area contributed by atoms with Crippen LogP contribution in [0.25, 0.3) is 0 Å². The molecule has 1 atom stereocenters. The lowest BCUT2D eigenvalue weighted by molar-refractivity contribution is 0.448. The van der Waals surface area contributed by atoms with Crippen LogP contribution in [0.2, 0.25) is 0 Å². The third kappa shape index (κ3) is 1.61. The van der Waals surface area contributed by atoms with Crippen molar-refractivity contribution >= 4 is 0 Å². The van der Waals surface area contributed by atoms with Gasteiger partial charge in [0.15, 0.2) is 0 Å². The molecule has 0 fully saturated rings. The Balaban J connectivity index is 2.88. The summed E-state index contributed by atoms with van der Waals surface area (Å²) >= 11 is 0. The van der Waals surface area contributed by atoms with Crippen LogP contribution in [0, 0.1) is 13.8 Å². The molecule has 0 amide bonds. The highest BCUT2D eigenvalue weighted by molar-refractivity contribution is 5.20. The monoisotopic (exact) mass is 154 g/mol. The number of nitrogens with two attached hydrogens (primary N) is 2. The first-order valence-electron chi connectivity index (χ1n) is 3.67. The third-order valence-corrected chi connectivity index (χ3v) is 1.80. The van der Waals surface area contributed by atoms with Crippen molar-refractivity contribution in [1.82, 2.24) is 0 Å². The van der Waals surface area contributed by atoms with Gasteiger partial charge in [-0.2, -0.15) is 0 Å². The highest BCUT2D eigenvalue weighted by Gasteiger charge is 2.09. The Morgan fingerprint density at radius 3 is 2.55 bits per heavy atom. The van der Waals surface area contributed by atoms with Gasteiger partial charge in [0.25, 0.3) is 0 Å². The first-order chi connectivity index (χ1) is 5.15. The molecule has 0 aliphatic heterocycles. The highest BCUT2D eigenvalue weighted by Crippen LogP contribution is 2.17. The molecular formula is C8H14N2O. The van der Waals surface area contributed by atoms with Gasteiger partial charge in [0.05, 0.1) is 6.04 Å². The molecule has 0 radical (unpaired) electrons. The Hall–Kier alpha value is -0.800. The molecule has 1 aromatic rings. The summed E-state index contributed by atoms with van der Waals surface area (Å²) in [4.78, 5) is 0. The zero-order chi connectivity index (χ0) is 8.43. The van der Waals surface area contributed by atoms with Crippen molar-refractivity contribution < 1.29 is 4.42 Å². The summed E-state index contributed by atoms with van der Waals surface area (Å²) in [7, 11) is 0. The van der Waals surface area contributed by atoms with Crippen LogP contribution >= 0.6 is 0 Å². The van der Waals surface area contributed by atoms with Crippen LogP contribution in [-0.4, -0.2) is 6.54 Å². The minimum Gasteiger partial charge on any atom is -0.464 e. The molecule has 62 valence electrons. The van der Waals surface area contributed by atoms with E-state index in [0.717, 1.165) is 17.1 Å². The van der Waals surface area contributed by atoms with Crippen molar-refractivity contribution in [3.63, 3.8) is 0 Å². The Morgan fingerprint density at radius 1 is 1.55 bits per heavy atom. The Kier molecular flexibility index (Phi) is 2.31. The van der Waals surface area contributed by atoms with Crippen LogP contribution in [-0.2, 0) is 0 Å². The van der Waals surface area contributed by atoms with E-state index in [4.69, 9.17) is 15.9 Å². The van der Waals surface area contributed by atoms with Gasteiger partial charge in [-0.15, -0.1) is 0 Å². The fourth-order valence-electron chi connectivity index (χ4n) is 0.901. The third-order valence-electron chi connectivity index (χ3n) is 1.80. The molecule has 0 bridgehead atoms. The fourth-order valence-corrected chi connectivity index (χ4v) is 0.901. The SMILES string of the molecule is Cc1cc([C@H](N)CN)oc1C. The van der Waals surface area contributed by atoms with Gasteiger partial charge in [-0.3, -0.25) is 0 Å². The van der Waals surface area contributed by atoms with Gasteiger partial charge in [0.2, 0.25) is 0 Å². The second-order valence-corrected chi connectivity index (χ2v) is 2.73. The summed E-state index contributed by atoms with van der Waals surface area (Å²) in [6.07, 6.45) is 0. The Morgan fingerprint density at radius 2 is 2.18 bits per heavy atom. The molecule has 0 aliphatic rings. The second kappa shape index (κ2) is 3.07. The summed E-state index contributed by atoms with van der Waals surface area (Å²) in [5.74, 6) is 1.70. The quantitative estimate of drug-likeness (QED) is 0.663. The maximum atomic E-state index is 5.66. The Labute approximate surface area is 66.4 Å². The number of hydrogen-bond donors (Lipinski definition) is 2. The molecule has 11 heavy (non-hydrogen) atoms. The van der Waals surface area contributed by atoms with Gasteiger partial charge in [-0.1, -0.05) is 0 Å². The maximum Gasteiger partial charge on any atom is 0.122 e. The van der Waals surface area contributed by atoms with Gasteiger partial charge < -0.3 is 15.9 Å². The van der Waals surface area contributed by atoms with Crippen molar-refractivity contribution in [1.29, 1.82) is 0 Å². The molecule has 1 aromatic heterocycles. The van der Waals surface area contributed by atoms with E-state index < -0.39 is 0 Å². The Bertz CT molecular complexity index is 223. The number of furan rings is 1. The predicted molar refractivity (Wildman–Crippen MR) is 44.2 cm³/mol. The molecule has 3 heteroatoms. The highest BCUT2D eigenvalue weighted by atomic mass is 16.3. The van der Waals surface area contributed by atoms with E-state index in [1.54, 1.807) is 0 Å². The second-order valence-electron chi connectivity index (χ2n) is 2.73. The summed E-state index contributed by atoms with van der Waals surface area (Å²) in [6.45, 7) is 4.33. The van der Waals surface area contributed by atoms with Crippen LogP contribution in [0.5, 0.6) is 0 Å². The average molecular weight is 154 g/mol. The van der Waals surface area contributed by atoms with Crippen LogP contribution in [0.15, 0.2) is 10.5 Å². The van der Waals surface area contributed by atoms with Gasteiger partial charge in [0.1, 0.15) is 11.5 Å². The minimum absolute atomic E-state index is 0.164. The summed E-state index contributed by atoms with van der Waals surface area (Å²) in [6, 6.07) is 1.77. The molecule has 0 aromatic carbocycles. The largest absolute Gasteiger partial charge is 0.464 e. The molecule has 1 rings (SSSR count). The van der Waals surface area contributed by atoms with Gasteiger partial charge >= 0.3 is 0 Å². The maximum absolute atomic E-state index is 5.66. The van der Waals surface area contributed by atoms with E-state index in [1.165, 1.54) is 0 Å². The zero-order valence-electron chi connectivity index (χ0n) is 6.92. The van der Waals surface area contributed by atoms with Gasteiger partial charge in [-0.05, 0) is 25.5 Å². The first-order valence-corrected chi connectivity index (χ1v) is 3.67. The van der Waals surface area contributed by atoms with Crippen molar-refractivity contribution in [2.45, 2.75) is 19.9 Å². The van der Waals surface area contributed by atoms with Crippen molar-refractivity contribution in [3.8, 4) is 0 Å². The summed E-state index contributed by atoms with van der Waals surface area (Å²) in [5.41, 5.74) is 12.2. The van der Waals surface area contributed by atoms with Crippen molar-refractivity contribution in [2.75, 3.05) is 6.54 Å². The molecule has 1 heterocycles. The molecule has 4 N–H and O–H groups in total. The van der Waals surface area contributed by atoms with Crippen LogP contribution < -0.4 is 11.5 Å². The van der Waals surface area contributed by atoms with Gasteiger partial charge in [-0.25, -0.2) is 0 Å². The van der Waals surface area contributed by atoms with Crippen molar-refractivity contribution in [3.05, 3.63) is 23.2 Å². The molecule has 0 saturated heterocycles. The molecule has 0 aliphatic carbocycles. The van der Waals surface area contributed by atoms with Crippen LogP contribution in [0.4, 0.5) is 0 Å². The summed E-state index contributed by atoms with van der Waals surface area (Å²) < 4.78 is 5.36.